The summed E-state index contributed by atoms with van der Waals surface area (Å²) in [5.74, 6) is 0. The molecular weight excluding hydrogens is 176 g/mol. The average molecular weight is 192 g/mol. The molecule has 1 rings (SSSR count). The van der Waals surface area contributed by atoms with Gasteiger partial charge in [-0.05, 0) is 19.4 Å². The lowest BCUT2D eigenvalue weighted by Crippen LogP contribution is -2.29. The second-order valence-corrected chi connectivity index (χ2v) is 3.74. The van der Waals surface area contributed by atoms with Gasteiger partial charge in [-0.1, -0.05) is 35.9 Å². The van der Waals surface area contributed by atoms with Crippen molar-refractivity contribution in [2.45, 2.75) is 25.6 Å². The lowest BCUT2D eigenvalue weighted by molar-refractivity contribution is -0.0275. The molecule has 0 saturated carbocycles. The van der Waals surface area contributed by atoms with Crippen molar-refractivity contribution < 1.29 is 10.2 Å². The Balaban J connectivity index is 2.95. The molecule has 2 heteroatoms. The molecule has 0 heterocycles. The van der Waals surface area contributed by atoms with Gasteiger partial charge in [-0.2, -0.15) is 0 Å². The number of benzene rings is 1. The summed E-state index contributed by atoms with van der Waals surface area (Å²) in [5, 5.41) is 19.6. The molecule has 0 amide bonds. The van der Waals surface area contributed by atoms with Crippen molar-refractivity contribution in [3.05, 3.63) is 48.0 Å². The highest BCUT2D eigenvalue weighted by atomic mass is 16.3. The van der Waals surface area contributed by atoms with E-state index in [2.05, 4.69) is 6.58 Å². The first kappa shape index (κ1) is 11.0. The van der Waals surface area contributed by atoms with Crippen molar-refractivity contribution in [3.8, 4) is 0 Å². The number of aliphatic hydroxyl groups is 2. The van der Waals surface area contributed by atoms with Crippen molar-refractivity contribution in [1.29, 1.82) is 0 Å². The standard InChI is InChI=1S/C12H16O2/c1-4-12(3,14)11(13)10-7-5-9(2)6-8-10/h4-8,11,13-14H,1H2,2-3H3. The van der Waals surface area contributed by atoms with Crippen molar-refractivity contribution in [1.82, 2.24) is 0 Å². The highest BCUT2D eigenvalue weighted by Gasteiger charge is 2.27. The minimum Gasteiger partial charge on any atom is -0.385 e. The highest BCUT2D eigenvalue weighted by molar-refractivity contribution is 5.26. The van der Waals surface area contributed by atoms with E-state index in [0.717, 1.165) is 5.56 Å². The molecule has 1 aromatic carbocycles. The predicted molar refractivity (Wildman–Crippen MR) is 57.0 cm³/mol. The first-order valence-electron chi connectivity index (χ1n) is 4.58. The predicted octanol–water partition coefficient (Wildman–Crippen LogP) is 1.97. The molecule has 0 aromatic heterocycles. The van der Waals surface area contributed by atoms with Crippen LogP contribution in [0.1, 0.15) is 24.2 Å². The molecule has 0 saturated heterocycles. The van der Waals surface area contributed by atoms with Crippen LogP contribution >= 0.6 is 0 Å². The van der Waals surface area contributed by atoms with Crippen molar-refractivity contribution in [2.24, 2.45) is 0 Å². The van der Waals surface area contributed by atoms with Crippen LogP contribution in [0.25, 0.3) is 0 Å². The number of aliphatic hydroxyl groups excluding tert-OH is 1. The van der Waals surface area contributed by atoms with Crippen LogP contribution in [0, 0.1) is 6.92 Å². The van der Waals surface area contributed by atoms with Gasteiger partial charge in [0.25, 0.3) is 0 Å². The van der Waals surface area contributed by atoms with E-state index in [9.17, 15) is 10.2 Å². The van der Waals surface area contributed by atoms with E-state index in [1.807, 2.05) is 19.1 Å². The Hall–Kier alpha value is -1.12. The fraction of sp³-hybridized carbons (Fsp3) is 0.333. The third-order valence-corrected chi connectivity index (χ3v) is 2.36. The molecule has 0 aliphatic heterocycles. The fourth-order valence-corrected chi connectivity index (χ4v) is 1.20. The Bertz CT molecular complexity index is 312. The maximum absolute atomic E-state index is 9.82. The van der Waals surface area contributed by atoms with E-state index in [4.69, 9.17) is 0 Å². The second-order valence-electron chi connectivity index (χ2n) is 3.74. The topological polar surface area (TPSA) is 40.5 Å². The first-order valence-corrected chi connectivity index (χ1v) is 4.58. The van der Waals surface area contributed by atoms with Crippen LogP contribution in [0.2, 0.25) is 0 Å². The maximum Gasteiger partial charge on any atom is 0.111 e. The van der Waals surface area contributed by atoms with Gasteiger partial charge < -0.3 is 10.2 Å². The van der Waals surface area contributed by atoms with Crippen LogP contribution in [0.3, 0.4) is 0 Å². The number of hydrogen-bond acceptors (Lipinski definition) is 2. The summed E-state index contributed by atoms with van der Waals surface area (Å²) in [6.07, 6.45) is 0.415. The van der Waals surface area contributed by atoms with Gasteiger partial charge in [0.15, 0.2) is 0 Å². The molecule has 76 valence electrons. The molecule has 14 heavy (non-hydrogen) atoms. The largest absolute Gasteiger partial charge is 0.385 e. The summed E-state index contributed by atoms with van der Waals surface area (Å²) in [4.78, 5) is 0. The van der Waals surface area contributed by atoms with Crippen LogP contribution in [0.5, 0.6) is 0 Å². The molecule has 0 aliphatic carbocycles. The summed E-state index contributed by atoms with van der Waals surface area (Å²) in [6, 6.07) is 7.41. The molecular formula is C12H16O2. The molecule has 2 unspecified atom stereocenters. The van der Waals surface area contributed by atoms with Crippen molar-refractivity contribution in [2.75, 3.05) is 0 Å². The van der Waals surface area contributed by atoms with Crippen LogP contribution in [0.15, 0.2) is 36.9 Å². The van der Waals surface area contributed by atoms with Gasteiger partial charge in [-0.15, -0.1) is 6.58 Å². The zero-order chi connectivity index (χ0) is 10.8. The maximum atomic E-state index is 9.82. The Morgan fingerprint density at radius 1 is 1.36 bits per heavy atom. The molecule has 2 nitrogen and oxygen atoms in total. The van der Waals surface area contributed by atoms with Gasteiger partial charge >= 0.3 is 0 Å². The molecule has 0 radical (unpaired) electrons. The number of aryl methyl sites for hydroxylation is 1. The molecule has 0 bridgehead atoms. The molecule has 0 aliphatic rings. The van der Waals surface area contributed by atoms with Crippen LogP contribution < -0.4 is 0 Å². The lowest BCUT2D eigenvalue weighted by Gasteiger charge is -2.25. The van der Waals surface area contributed by atoms with Gasteiger partial charge in [0.05, 0.1) is 0 Å². The van der Waals surface area contributed by atoms with Gasteiger partial charge in [-0.3, -0.25) is 0 Å². The second kappa shape index (κ2) is 3.95. The normalized spacial score (nSPS) is 17.1. The van der Waals surface area contributed by atoms with Crippen molar-refractivity contribution in [3.63, 3.8) is 0 Å². The third-order valence-electron chi connectivity index (χ3n) is 2.36. The van der Waals surface area contributed by atoms with Gasteiger partial charge in [0.1, 0.15) is 11.7 Å². The van der Waals surface area contributed by atoms with E-state index in [0.29, 0.717) is 5.56 Å². The minimum absolute atomic E-state index is 0.695. The first-order chi connectivity index (χ1) is 6.47. The third kappa shape index (κ3) is 2.22. The summed E-state index contributed by atoms with van der Waals surface area (Å²) in [5.41, 5.74) is 0.537. The molecule has 1 aromatic rings. The fourth-order valence-electron chi connectivity index (χ4n) is 1.20. The Labute approximate surface area is 84.5 Å². The lowest BCUT2D eigenvalue weighted by atomic mass is 9.93. The Morgan fingerprint density at radius 3 is 2.29 bits per heavy atom. The summed E-state index contributed by atoms with van der Waals surface area (Å²) >= 11 is 0. The zero-order valence-corrected chi connectivity index (χ0v) is 8.57. The quantitative estimate of drug-likeness (QED) is 0.719. The van der Waals surface area contributed by atoms with Crippen LogP contribution in [-0.4, -0.2) is 15.8 Å². The molecule has 0 fully saturated rings. The van der Waals surface area contributed by atoms with E-state index < -0.39 is 11.7 Å². The Morgan fingerprint density at radius 2 is 1.86 bits per heavy atom. The van der Waals surface area contributed by atoms with Crippen molar-refractivity contribution >= 4 is 0 Å². The minimum atomic E-state index is -1.28. The monoisotopic (exact) mass is 192 g/mol. The molecule has 2 atom stereocenters. The number of hydrogen-bond donors (Lipinski definition) is 2. The summed E-state index contributed by atoms with van der Waals surface area (Å²) in [7, 11) is 0. The molecule has 0 spiro atoms. The zero-order valence-electron chi connectivity index (χ0n) is 8.57. The molecule has 2 N–H and O–H groups in total. The van der Waals surface area contributed by atoms with E-state index in [-0.39, 0.29) is 0 Å². The van der Waals surface area contributed by atoms with E-state index in [1.165, 1.54) is 13.0 Å². The SMILES string of the molecule is C=CC(C)(O)C(O)c1ccc(C)cc1. The summed E-state index contributed by atoms with van der Waals surface area (Å²) in [6.45, 7) is 6.99. The highest BCUT2D eigenvalue weighted by Crippen LogP contribution is 2.26. The van der Waals surface area contributed by atoms with Gasteiger partial charge in [0, 0.05) is 0 Å². The Kier molecular flexibility index (Phi) is 3.09. The smallest absolute Gasteiger partial charge is 0.111 e. The van der Waals surface area contributed by atoms with Crippen LogP contribution in [-0.2, 0) is 0 Å². The van der Waals surface area contributed by atoms with E-state index >= 15 is 0 Å². The average Bonchev–Trinajstić information content (AvgIpc) is 2.18. The van der Waals surface area contributed by atoms with Gasteiger partial charge in [0.2, 0.25) is 0 Å². The van der Waals surface area contributed by atoms with E-state index in [1.54, 1.807) is 12.1 Å². The number of rotatable bonds is 3. The van der Waals surface area contributed by atoms with Crippen LogP contribution in [0.4, 0.5) is 0 Å². The van der Waals surface area contributed by atoms with Gasteiger partial charge in [-0.25, -0.2) is 0 Å². The summed E-state index contributed by atoms with van der Waals surface area (Å²) < 4.78 is 0.